The van der Waals surface area contributed by atoms with Crippen LogP contribution in [0.15, 0.2) is 36.4 Å². The van der Waals surface area contributed by atoms with Gasteiger partial charge in [0.05, 0.1) is 0 Å². The number of ketones is 5. The Balaban J connectivity index is 2.56. The van der Waals surface area contributed by atoms with Gasteiger partial charge in [0, 0.05) is 33.4 Å². The predicted molar refractivity (Wildman–Crippen MR) is 96.3 cm³/mol. The fourth-order valence-electron chi connectivity index (χ4n) is 2.73. The minimum absolute atomic E-state index is 0.176. The van der Waals surface area contributed by atoms with E-state index in [1.54, 1.807) is 0 Å². The Bertz CT molecular complexity index is 889. The summed E-state index contributed by atoms with van der Waals surface area (Å²) in [5, 5.41) is 0. The molecule has 0 aliphatic rings. The second kappa shape index (κ2) is 7.35. The molecule has 0 fully saturated rings. The number of carbonyl (C=O) groups is 5. The van der Waals surface area contributed by atoms with Crippen molar-refractivity contribution in [3.8, 4) is 0 Å². The SMILES string of the molecule is CC(=O)c1ccc(C(=O)c2ccc(C(C)=O)c(C(C)=O)c2)cc1C(C)=O. The highest BCUT2D eigenvalue weighted by Gasteiger charge is 2.19. The lowest BCUT2D eigenvalue weighted by Gasteiger charge is -2.09. The second-order valence-electron chi connectivity index (χ2n) is 6.07. The molecule has 0 N–H and O–H groups in total. The van der Waals surface area contributed by atoms with Gasteiger partial charge >= 0.3 is 0 Å². The molecule has 0 heterocycles. The molecule has 2 aromatic carbocycles. The van der Waals surface area contributed by atoms with Crippen molar-refractivity contribution in [3.63, 3.8) is 0 Å². The number of Topliss-reactive ketones (excluding diaryl/α,β-unsaturated/α-hetero) is 4. The molecule has 5 heteroatoms. The average molecular weight is 350 g/mol. The maximum atomic E-state index is 12.8. The average Bonchev–Trinajstić information content (AvgIpc) is 2.59. The van der Waals surface area contributed by atoms with Crippen molar-refractivity contribution in [1.82, 2.24) is 0 Å². The zero-order chi connectivity index (χ0) is 19.6. The predicted octanol–water partition coefficient (Wildman–Crippen LogP) is 3.73. The normalized spacial score (nSPS) is 10.3. The molecule has 0 saturated carbocycles. The molecule has 0 spiro atoms. The van der Waals surface area contributed by atoms with Gasteiger partial charge in [-0.3, -0.25) is 24.0 Å². The highest BCUT2D eigenvalue weighted by atomic mass is 16.1. The molecule has 0 aliphatic heterocycles. The smallest absolute Gasteiger partial charge is 0.193 e. The monoisotopic (exact) mass is 350 g/mol. The Labute approximate surface area is 151 Å². The molecular formula is C21H18O5. The van der Waals surface area contributed by atoms with Crippen LogP contribution in [0.5, 0.6) is 0 Å². The van der Waals surface area contributed by atoms with Crippen molar-refractivity contribution in [2.75, 3.05) is 0 Å². The van der Waals surface area contributed by atoms with Crippen LogP contribution in [0, 0.1) is 0 Å². The van der Waals surface area contributed by atoms with Crippen LogP contribution in [0.2, 0.25) is 0 Å². The Morgan fingerprint density at radius 3 is 1.08 bits per heavy atom. The molecular weight excluding hydrogens is 332 g/mol. The van der Waals surface area contributed by atoms with Crippen LogP contribution < -0.4 is 0 Å². The van der Waals surface area contributed by atoms with E-state index in [0.717, 1.165) is 0 Å². The van der Waals surface area contributed by atoms with Crippen LogP contribution in [0.1, 0.15) is 85.0 Å². The molecule has 2 aromatic rings. The highest BCUT2D eigenvalue weighted by Crippen LogP contribution is 2.20. The van der Waals surface area contributed by atoms with Gasteiger partial charge in [-0.25, -0.2) is 0 Å². The quantitative estimate of drug-likeness (QED) is 0.741. The molecule has 0 bridgehead atoms. The van der Waals surface area contributed by atoms with Gasteiger partial charge in [-0.15, -0.1) is 0 Å². The van der Waals surface area contributed by atoms with Crippen LogP contribution >= 0.6 is 0 Å². The minimum atomic E-state index is -0.403. The summed E-state index contributed by atoms with van der Waals surface area (Å²) in [4.78, 5) is 59.6. The molecule has 0 unspecified atom stereocenters. The number of hydrogen-bond acceptors (Lipinski definition) is 5. The largest absolute Gasteiger partial charge is 0.294 e. The second-order valence-corrected chi connectivity index (χ2v) is 6.07. The molecule has 0 radical (unpaired) electrons. The molecule has 2 rings (SSSR count). The molecule has 0 saturated heterocycles. The van der Waals surface area contributed by atoms with E-state index in [2.05, 4.69) is 0 Å². The third-order valence-electron chi connectivity index (χ3n) is 4.08. The number of hydrogen-bond donors (Lipinski definition) is 0. The summed E-state index contributed by atoms with van der Waals surface area (Å²) < 4.78 is 0. The van der Waals surface area contributed by atoms with Gasteiger partial charge in [0.25, 0.3) is 0 Å². The maximum Gasteiger partial charge on any atom is 0.193 e. The summed E-state index contributed by atoms with van der Waals surface area (Å²) >= 11 is 0. The van der Waals surface area contributed by atoms with Crippen molar-refractivity contribution < 1.29 is 24.0 Å². The van der Waals surface area contributed by atoms with E-state index in [4.69, 9.17) is 0 Å². The number of rotatable bonds is 6. The van der Waals surface area contributed by atoms with Crippen LogP contribution in [-0.2, 0) is 0 Å². The lowest BCUT2D eigenvalue weighted by atomic mass is 9.92. The zero-order valence-corrected chi connectivity index (χ0v) is 15.0. The fraction of sp³-hybridized carbons (Fsp3) is 0.190. The van der Waals surface area contributed by atoms with Gasteiger partial charge in [0.2, 0.25) is 0 Å². The van der Waals surface area contributed by atoms with E-state index in [-0.39, 0.29) is 56.5 Å². The summed E-state index contributed by atoms with van der Waals surface area (Å²) in [6, 6.07) is 8.60. The van der Waals surface area contributed by atoms with Crippen molar-refractivity contribution in [2.45, 2.75) is 27.7 Å². The van der Waals surface area contributed by atoms with Crippen LogP contribution in [-0.4, -0.2) is 28.9 Å². The van der Waals surface area contributed by atoms with Gasteiger partial charge < -0.3 is 0 Å². The van der Waals surface area contributed by atoms with Crippen molar-refractivity contribution >= 4 is 28.9 Å². The van der Waals surface area contributed by atoms with Gasteiger partial charge in [0.1, 0.15) is 0 Å². The van der Waals surface area contributed by atoms with Gasteiger partial charge in [-0.05, 0) is 52.0 Å². The van der Waals surface area contributed by atoms with E-state index >= 15 is 0 Å². The summed E-state index contributed by atoms with van der Waals surface area (Å²) in [6.07, 6.45) is 0. The lowest BCUT2D eigenvalue weighted by Crippen LogP contribution is -2.10. The highest BCUT2D eigenvalue weighted by molar-refractivity contribution is 6.15. The Hall–Kier alpha value is -3.21. The molecule has 0 atom stereocenters. The summed E-state index contributed by atoms with van der Waals surface area (Å²) in [7, 11) is 0. The first-order chi connectivity index (χ1) is 12.1. The molecule has 0 aliphatic carbocycles. The van der Waals surface area contributed by atoms with Crippen molar-refractivity contribution in [3.05, 3.63) is 69.8 Å². The standard InChI is InChI=1S/C21H18O5/c1-11(22)17-7-5-15(9-19(17)13(3)24)21(26)16-6-8-18(12(2)23)20(10-16)14(4)25/h5-10H,1-4H3. The topological polar surface area (TPSA) is 85.3 Å². The van der Waals surface area contributed by atoms with Gasteiger partial charge in [-0.2, -0.15) is 0 Å². The van der Waals surface area contributed by atoms with Crippen molar-refractivity contribution in [2.24, 2.45) is 0 Å². The third kappa shape index (κ3) is 3.72. The fourth-order valence-corrected chi connectivity index (χ4v) is 2.73. The van der Waals surface area contributed by atoms with E-state index in [1.807, 2.05) is 0 Å². The van der Waals surface area contributed by atoms with Crippen LogP contribution in [0.4, 0.5) is 0 Å². The molecule has 0 amide bonds. The van der Waals surface area contributed by atoms with Gasteiger partial charge in [0.15, 0.2) is 28.9 Å². The minimum Gasteiger partial charge on any atom is -0.294 e. The van der Waals surface area contributed by atoms with Crippen molar-refractivity contribution in [1.29, 1.82) is 0 Å². The molecule has 132 valence electrons. The summed E-state index contributed by atoms with van der Waals surface area (Å²) in [5.41, 5.74) is 1.32. The van der Waals surface area contributed by atoms with E-state index < -0.39 is 5.78 Å². The van der Waals surface area contributed by atoms with E-state index in [1.165, 1.54) is 64.1 Å². The van der Waals surface area contributed by atoms with E-state index in [0.29, 0.717) is 0 Å². The maximum absolute atomic E-state index is 12.8. The Kier molecular flexibility index (Phi) is 5.41. The van der Waals surface area contributed by atoms with Crippen LogP contribution in [0.25, 0.3) is 0 Å². The Morgan fingerprint density at radius 2 is 0.808 bits per heavy atom. The summed E-state index contributed by atoms with van der Waals surface area (Å²) in [5.74, 6) is -1.57. The first kappa shape index (κ1) is 19.1. The van der Waals surface area contributed by atoms with Crippen LogP contribution in [0.3, 0.4) is 0 Å². The number of carbonyl (C=O) groups excluding carboxylic acids is 5. The lowest BCUT2D eigenvalue weighted by molar-refractivity contribution is 0.0979. The van der Waals surface area contributed by atoms with Gasteiger partial charge in [-0.1, -0.05) is 12.1 Å². The molecule has 0 aromatic heterocycles. The summed E-state index contributed by atoms with van der Waals surface area (Å²) in [6.45, 7) is 5.35. The first-order valence-electron chi connectivity index (χ1n) is 8.00. The van der Waals surface area contributed by atoms with E-state index in [9.17, 15) is 24.0 Å². The molecule has 5 nitrogen and oxygen atoms in total. The Morgan fingerprint density at radius 1 is 0.500 bits per heavy atom. The first-order valence-corrected chi connectivity index (χ1v) is 8.00. The third-order valence-corrected chi connectivity index (χ3v) is 4.08. The zero-order valence-electron chi connectivity index (χ0n) is 15.0. The number of benzene rings is 2. The molecule has 26 heavy (non-hydrogen) atoms.